The number of hydrogen-bond acceptors (Lipinski definition) is 4. The smallest absolute Gasteiger partial charge is 0.318 e. The Kier molecular flexibility index (Phi) is 6.24. The molecule has 4 rings (SSSR count). The molecule has 6 heteroatoms. The number of amides is 1. The third kappa shape index (κ3) is 4.73. The molecule has 0 spiro atoms. The maximum absolute atomic E-state index is 13.3. The van der Waals surface area contributed by atoms with E-state index in [0.717, 1.165) is 5.56 Å². The molecule has 0 aliphatic carbocycles. The van der Waals surface area contributed by atoms with Crippen molar-refractivity contribution in [3.8, 4) is 0 Å². The highest BCUT2D eigenvalue weighted by molar-refractivity contribution is 6.31. The van der Waals surface area contributed by atoms with Crippen LogP contribution in [-0.4, -0.2) is 16.7 Å². The molecule has 0 aliphatic heterocycles. The number of oxazole rings is 1. The van der Waals surface area contributed by atoms with E-state index >= 15 is 0 Å². The lowest BCUT2D eigenvalue weighted by Gasteiger charge is -2.24. The number of aryl methyl sites for hydroxylation is 1. The maximum Gasteiger partial charge on any atom is 0.318 e. The van der Waals surface area contributed by atoms with Crippen LogP contribution in [-0.2, 0) is 6.42 Å². The van der Waals surface area contributed by atoms with Gasteiger partial charge in [0.05, 0.1) is 11.9 Å². The molecule has 0 bridgehead atoms. The van der Waals surface area contributed by atoms with E-state index in [1.807, 2.05) is 48.5 Å². The van der Waals surface area contributed by atoms with Crippen LogP contribution in [0.5, 0.6) is 0 Å². The first-order valence-corrected chi connectivity index (χ1v) is 10.2. The molecule has 5 nitrogen and oxygen atoms in total. The average molecular weight is 431 g/mol. The van der Waals surface area contributed by atoms with Crippen LogP contribution in [0.3, 0.4) is 0 Å². The third-order valence-corrected chi connectivity index (χ3v) is 5.05. The van der Waals surface area contributed by atoms with Crippen molar-refractivity contribution in [1.82, 2.24) is 4.98 Å². The second-order valence-electron chi connectivity index (χ2n) is 6.88. The zero-order valence-corrected chi connectivity index (χ0v) is 17.3. The van der Waals surface area contributed by atoms with Crippen LogP contribution < -0.4 is 4.90 Å². The molecule has 3 aromatic carbocycles. The van der Waals surface area contributed by atoms with Crippen molar-refractivity contribution in [3.05, 3.63) is 113 Å². The van der Waals surface area contributed by atoms with Gasteiger partial charge in [-0.15, -0.1) is 0 Å². The number of benzene rings is 3. The van der Waals surface area contributed by atoms with Crippen molar-refractivity contribution in [2.45, 2.75) is 12.8 Å². The number of para-hydroxylation sites is 1. The molecule has 0 saturated heterocycles. The summed E-state index contributed by atoms with van der Waals surface area (Å²) in [5, 5.41) is 0.413. The zero-order valence-electron chi connectivity index (χ0n) is 16.6. The molecule has 0 saturated carbocycles. The van der Waals surface area contributed by atoms with Crippen LogP contribution in [0.25, 0.3) is 0 Å². The first-order valence-electron chi connectivity index (χ1n) is 9.79. The summed E-state index contributed by atoms with van der Waals surface area (Å²) in [6.07, 6.45) is 3.63. The summed E-state index contributed by atoms with van der Waals surface area (Å²) in [6.45, 7) is 0. The van der Waals surface area contributed by atoms with Crippen LogP contribution in [0.1, 0.15) is 33.0 Å². The van der Waals surface area contributed by atoms with Gasteiger partial charge in [0.15, 0.2) is 5.78 Å². The largest absolute Gasteiger partial charge is 0.441 e. The summed E-state index contributed by atoms with van der Waals surface area (Å²) in [7, 11) is 0. The van der Waals surface area contributed by atoms with E-state index in [1.54, 1.807) is 30.3 Å². The summed E-state index contributed by atoms with van der Waals surface area (Å²) in [4.78, 5) is 31.9. The highest BCUT2D eigenvalue weighted by atomic mass is 35.5. The van der Waals surface area contributed by atoms with E-state index in [-0.39, 0.29) is 11.7 Å². The number of hydrogen-bond donors (Lipinski definition) is 0. The number of rotatable bonds is 7. The second-order valence-corrected chi connectivity index (χ2v) is 7.32. The highest BCUT2D eigenvalue weighted by Gasteiger charge is 2.27. The molecule has 31 heavy (non-hydrogen) atoms. The number of ketones is 1. The van der Waals surface area contributed by atoms with Gasteiger partial charge < -0.3 is 4.42 Å². The molecule has 4 aromatic rings. The molecule has 0 unspecified atom stereocenters. The van der Waals surface area contributed by atoms with Gasteiger partial charge in [-0.25, -0.2) is 4.98 Å². The molecular weight excluding hydrogens is 412 g/mol. The normalized spacial score (nSPS) is 10.6. The van der Waals surface area contributed by atoms with E-state index < -0.39 is 5.91 Å². The number of anilines is 2. The molecule has 0 radical (unpaired) electrons. The lowest BCUT2D eigenvalue weighted by Crippen LogP contribution is -2.28. The Balaban J connectivity index is 1.73. The lowest BCUT2D eigenvalue weighted by atomic mass is 10.0. The van der Waals surface area contributed by atoms with Gasteiger partial charge in [-0.05, 0) is 42.3 Å². The minimum absolute atomic E-state index is 0.0773. The van der Waals surface area contributed by atoms with Crippen LogP contribution in [0.15, 0.2) is 95.7 Å². The van der Waals surface area contributed by atoms with Gasteiger partial charge in [-0.2, -0.15) is 0 Å². The van der Waals surface area contributed by atoms with Gasteiger partial charge in [-0.1, -0.05) is 60.1 Å². The third-order valence-electron chi connectivity index (χ3n) is 4.82. The molecule has 0 atom stereocenters. The van der Waals surface area contributed by atoms with Gasteiger partial charge in [-0.3, -0.25) is 14.5 Å². The maximum atomic E-state index is 13.3. The summed E-state index contributed by atoms with van der Waals surface area (Å²) >= 11 is 6.27. The van der Waals surface area contributed by atoms with E-state index in [0.29, 0.717) is 34.8 Å². The minimum atomic E-state index is -0.490. The zero-order chi connectivity index (χ0) is 21.6. The van der Waals surface area contributed by atoms with E-state index in [4.69, 9.17) is 16.0 Å². The van der Waals surface area contributed by atoms with Crippen LogP contribution in [0.4, 0.5) is 11.4 Å². The number of carbonyl (C=O) groups excluding carboxylic acids is 2. The molecule has 0 N–H and O–H groups in total. The van der Waals surface area contributed by atoms with Crippen LogP contribution in [0.2, 0.25) is 5.02 Å². The van der Waals surface area contributed by atoms with Crippen molar-refractivity contribution in [2.75, 3.05) is 4.90 Å². The SMILES string of the molecule is O=C(CCc1ccccc1)c1ccc(Cl)cc1N(C(=O)c1ncco1)c1ccccc1. The minimum Gasteiger partial charge on any atom is -0.441 e. The fourth-order valence-electron chi connectivity index (χ4n) is 3.33. The Morgan fingerprint density at radius 2 is 1.65 bits per heavy atom. The van der Waals surface area contributed by atoms with Crippen LogP contribution >= 0.6 is 11.6 Å². The molecule has 1 amide bonds. The van der Waals surface area contributed by atoms with Crippen molar-refractivity contribution in [1.29, 1.82) is 0 Å². The molecule has 0 fully saturated rings. The Hall–Kier alpha value is -3.70. The number of aromatic nitrogens is 1. The summed E-state index contributed by atoms with van der Waals surface area (Å²) in [6, 6.07) is 23.7. The van der Waals surface area contributed by atoms with Crippen LogP contribution in [0, 0.1) is 0 Å². The Bertz CT molecular complexity index is 1180. The van der Waals surface area contributed by atoms with E-state index in [9.17, 15) is 9.59 Å². The number of carbonyl (C=O) groups is 2. The quantitative estimate of drug-likeness (QED) is 0.331. The van der Waals surface area contributed by atoms with Gasteiger partial charge in [0, 0.05) is 22.7 Å². The van der Waals surface area contributed by atoms with Gasteiger partial charge in [0.2, 0.25) is 0 Å². The summed E-state index contributed by atoms with van der Waals surface area (Å²) in [5.41, 5.74) is 2.44. The standard InChI is InChI=1S/C25H19ClN2O3/c26-19-12-13-21(23(29)14-11-18-7-3-1-4-8-18)22(17-19)28(20-9-5-2-6-10-20)25(30)24-27-15-16-31-24/h1-10,12-13,15-17H,11,14H2. The highest BCUT2D eigenvalue weighted by Crippen LogP contribution is 2.33. The number of Topliss-reactive ketones (excluding diaryl/α,β-unsaturated/α-hetero) is 1. The molecular formula is C25H19ClN2O3. The van der Waals surface area contributed by atoms with E-state index in [2.05, 4.69) is 4.98 Å². The van der Waals surface area contributed by atoms with Crippen molar-refractivity contribution in [3.63, 3.8) is 0 Å². The second kappa shape index (κ2) is 9.41. The van der Waals surface area contributed by atoms with Gasteiger partial charge in [0.1, 0.15) is 6.26 Å². The first-order chi connectivity index (χ1) is 15.1. The summed E-state index contributed by atoms with van der Waals surface area (Å²) in [5.74, 6) is -0.654. The lowest BCUT2D eigenvalue weighted by molar-refractivity contribution is 0.0966. The Labute approximate surface area is 184 Å². The fourth-order valence-corrected chi connectivity index (χ4v) is 3.50. The predicted molar refractivity (Wildman–Crippen MR) is 120 cm³/mol. The topological polar surface area (TPSA) is 63.4 Å². The predicted octanol–water partition coefficient (Wildman–Crippen LogP) is 6.12. The van der Waals surface area contributed by atoms with Crippen molar-refractivity contribution >= 4 is 34.7 Å². The fraction of sp³-hybridized carbons (Fsp3) is 0.0800. The van der Waals surface area contributed by atoms with Gasteiger partial charge >= 0.3 is 5.91 Å². The van der Waals surface area contributed by atoms with Crippen molar-refractivity contribution < 1.29 is 14.0 Å². The first kappa shape index (κ1) is 20.6. The monoisotopic (exact) mass is 430 g/mol. The Morgan fingerprint density at radius 3 is 2.32 bits per heavy atom. The van der Waals surface area contributed by atoms with Gasteiger partial charge in [0.25, 0.3) is 5.89 Å². The molecule has 154 valence electrons. The summed E-state index contributed by atoms with van der Waals surface area (Å²) < 4.78 is 5.23. The average Bonchev–Trinajstić information content (AvgIpc) is 3.34. The molecule has 1 aromatic heterocycles. The number of nitrogens with zero attached hydrogens (tertiary/aromatic N) is 2. The van der Waals surface area contributed by atoms with Crippen molar-refractivity contribution in [2.24, 2.45) is 0 Å². The van der Waals surface area contributed by atoms with E-state index in [1.165, 1.54) is 17.4 Å². The molecule has 0 aliphatic rings. The molecule has 1 heterocycles. The number of halogens is 1. The Morgan fingerprint density at radius 1 is 0.935 bits per heavy atom.